The number of benzene rings is 1. The van der Waals surface area contributed by atoms with Gasteiger partial charge in [0.1, 0.15) is 5.76 Å². The number of rotatable bonds is 6. The monoisotopic (exact) mass is 339 g/mol. The van der Waals surface area contributed by atoms with E-state index in [1.807, 2.05) is 12.1 Å². The molecular formula is C18H20F3NO2. The largest absolute Gasteiger partial charge is 0.468 e. The lowest BCUT2D eigenvalue weighted by atomic mass is 10.1. The maximum Gasteiger partial charge on any atom is 0.416 e. The van der Waals surface area contributed by atoms with E-state index in [0.717, 1.165) is 31.3 Å². The molecule has 0 aliphatic carbocycles. The standard InChI is InChI=1S/C18H20F3NO2/c19-18(20,21)15-5-1-4-14(10-15)11-22(12-16-6-2-8-23-16)13-17-7-3-9-24-17/h1-2,4-6,8,10,17H,3,7,9,11-13H2/t17-/m0/s1. The van der Waals surface area contributed by atoms with Crippen molar-refractivity contribution >= 4 is 0 Å². The second-order valence-corrected chi connectivity index (χ2v) is 6.08. The predicted octanol–water partition coefficient (Wildman–Crippen LogP) is 4.48. The minimum Gasteiger partial charge on any atom is -0.468 e. The Morgan fingerprint density at radius 1 is 1.12 bits per heavy atom. The third kappa shape index (κ3) is 4.61. The van der Waals surface area contributed by atoms with E-state index >= 15 is 0 Å². The van der Waals surface area contributed by atoms with E-state index in [1.54, 1.807) is 12.3 Å². The van der Waals surface area contributed by atoms with Crippen LogP contribution in [0.3, 0.4) is 0 Å². The van der Waals surface area contributed by atoms with Gasteiger partial charge in [0, 0.05) is 19.7 Å². The van der Waals surface area contributed by atoms with Crippen LogP contribution in [-0.2, 0) is 24.0 Å². The minimum atomic E-state index is -4.32. The van der Waals surface area contributed by atoms with E-state index in [-0.39, 0.29) is 6.10 Å². The van der Waals surface area contributed by atoms with Crippen LogP contribution < -0.4 is 0 Å². The van der Waals surface area contributed by atoms with Gasteiger partial charge in [-0.25, -0.2) is 0 Å². The van der Waals surface area contributed by atoms with Gasteiger partial charge in [0.2, 0.25) is 0 Å². The number of ether oxygens (including phenoxy) is 1. The summed E-state index contributed by atoms with van der Waals surface area (Å²) in [6.45, 7) is 2.40. The zero-order valence-electron chi connectivity index (χ0n) is 13.3. The molecule has 1 aliphatic heterocycles. The maximum absolute atomic E-state index is 12.9. The third-order valence-electron chi connectivity index (χ3n) is 4.11. The molecule has 2 aromatic rings. The van der Waals surface area contributed by atoms with Crippen molar-refractivity contribution in [3.05, 3.63) is 59.5 Å². The van der Waals surface area contributed by atoms with Crippen LogP contribution in [0.15, 0.2) is 47.1 Å². The number of hydrogen-bond acceptors (Lipinski definition) is 3. The van der Waals surface area contributed by atoms with Crippen molar-refractivity contribution in [1.82, 2.24) is 4.90 Å². The molecule has 0 amide bonds. The Kier molecular flexibility index (Phi) is 5.26. The molecule has 6 heteroatoms. The van der Waals surface area contributed by atoms with E-state index < -0.39 is 11.7 Å². The molecular weight excluding hydrogens is 319 g/mol. The van der Waals surface area contributed by atoms with Gasteiger partial charge in [-0.1, -0.05) is 18.2 Å². The quantitative estimate of drug-likeness (QED) is 0.776. The summed E-state index contributed by atoms with van der Waals surface area (Å²) in [6.07, 6.45) is -0.578. The minimum absolute atomic E-state index is 0.130. The first-order valence-corrected chi connectivity index (χ1v) is 8.03. The fourth-order valence-corrected chi connectivity index (χ4v) is 2.99. The molecule has 0 bridgehead atoms. The van der Waals surface area contributed by atoms with E-state index in [0.29, 0.717) is 25.2 Å². The number of furan rings is 1. The summed E-state index contributed by atoms with van der Waals surface area (Å²) in [5.74, 6) is 0.792. The lowest BCUT2D eigenvalue weighted by Gasteiger charge is -2.24. The molecule has 2 heterocycles. The third-order valence-corrected chi connectivity index (χ3v) is 4.11. The molecule has 130 valence electrons. The molecule has 1 aromatic carbocycles. The van der Waals surface area contributed by atoms with Crippen molar-refractivity contribution in [3.8, 4) is 0 Å². The summed E-state index contributed by atoms with van der Waals surface area (Å²) < 4.78 is 49.7. The van der Waals surface area contributed by atoms with Gasteiger partial charge in [-0.2, -0.15) is 13.2 Å². The van der Waals surface area contributed by atoms with Crippen LogP contribution in [0, 0.1) is 0 Å². The molecule has 0 spiro atoms. The lowest BCUT2D eigenvalue weighted by molar-refractivity contribution is -0.137. The zero-order chi connectivity index (χ0) is 17.0. The van der Waals surface area contributed by atoms with Crippen molar-refractivity contribution in [1.29, 1.82) is 0 Å². The van der Waals surface area contributed by atoms with E-state index in [9.17, 15) is 13.2 Å². The first-order chi connectivity index (χ1) is 11.5. The molecule has 1 saturated heterocycles. The predicted molar refractivity (Wildman–Crippen MR) is 83.2 cm³/mol. The molecule has 1 fully saturated rings. The Labute approximate surface area is 139 Å². The van der Waals surface area contributed by atoms with E-state index in [4.69, 9.17) is 9.15 Å². The highest BCUT2D eigenvalue weighted by Gasteiger charge is 2.30. The first-order valence-electron chi connectivity index (χ1n) is 8.03. The van der Waals surface area contributed by atoms with Gasteiger partial charge in [0.05, 0.1) is 24.5 Å². The van der Waals surface area contributed by atoms with Gasteiger partial charge in [-0.15, -0.1) is 0 Å². The lowest BCUT2D eigenvalue weighted by Crippen LogP contribution is -2.31. The highest BCUT2D eigenvalue weighted by atomic mass is 19.4. The Bertz CT molecular complexity index is 634. The molecule has 1 aliphatic rings. The van der Waals surface area contributed by atoms with Crippen molar-refractivity contribution in [2.75, 3.05) is 13.2 Å². The van der Waals surface area contributed by atoms with Gasteiger partial charge in [-0.3, -0.25) is 4.90 Å². The van der Waals surface area contributed by atoms with Crippen LogP contribution in [-0.4, -0.2) is 24.2 Å². The molecule has 0 N–H and O–H groups in total. The summed E-state index contributed by atoms with van der Waals surface area (Å²) in [7, 11) is 0. The van der Waals surface area contributed by atoms with E-state index in [1.165, 1.54) is 12.1 Å². The fraction of sp³-hybridized carbons (Fsp3) is 0.444. The Hall–Kier alpha value is -1.79. The maximum atomic E-state index is 12.9. The summed E-state index contributed by atoms with van der Waals surface area (Å²) >= 11 is 0. The summed E-state index contributed by atoms with van der Waals surface area (Å²) in [4.78, 5) is 2.07. The van der Waals surface area contributed by atoms with Crippen LogP contribution >= 0.6 is 0 Å². The van der Waals surface area contributed by atoms with Gasteiger partial charge < -0.3 is 9.15 Å². The molecule has 3 nitrogen and oxygen atoms in total. The number of alkyl halides is 3. The molecule has 24 heavy (non-hydrogen) atoms. The summed E-state index contributed by atoms with van der Waals surface area (Å²) in [5.41, 5.74) is 0.0180. The summed E-state index contributed by atoms with van der Waals surface area (Å²) in [5, 5.41) is 0. The van der Waals surface area contributed by atoms with Gasteiger partial charge in [0.15, 0.2) is 0 Å². The van der Waals surface area contributed by atoms with Crippen LogP contribution in [0.4, 0.5) is 13.2 Å². The molecule has 1 atom stereocenters. The van der Waals surface area contributed by atoms with Crippen LogP contribution in [0.2, 0.25) is 0 Å². The van der Waals surface area contributed by atoms with Gasteiger partial charge >= 0.3 is 6.18 Å². The number of nitrogens with zero attached hydrogens (tertiary/aromatic N) is 1. The molecule has 0 radical (unpaired) electrons. The highest BCUT2D eigenvalue weighted by Crippen LogP contribution is 2.30. The molecule has 3 rings (SSSR count). The average molecular weight is 339 g/mol. The van der Waals surface area contributed by atoms with Crippen molar-refractivity contribution < 1.29 is 22.3 Å². The second-order valence-electron chi connectivity index (χ2n) is 6.08. The second kappa shape index (κ2) is 7.40. The fourth-order valence-electron chi connectivity index (χ4n) is 2.99. The normalized spacial score (nSPS) is 18.4. The van der Waals surface area contributed by atoms with Crippen LogP contribution in [0.1, 0.15) is 29.7 Å². The first kappa shape index (κ1) is 17.0. The highest BCUT2D eigenvalue weighted by molar-refractivity contribution is 5.25. The Balaban J connectivity index is 1.72. The topological polar surface area (TPSA) is 25.6 Å². The number of halogens is 3. The molecule has 1 aromatic heterocycles. The average Bonchev–Trinajstić information content (AvgIpc) is 3.20. The molecule has 0 saturated carbocycles. The van der Waals surface area contributed by atoms with Crippen LogP contribution in [0.25, 0.3) is 0 Å². The van der Waals surface area contributed by atoms with Gasteiger partial charge in [0.25, 0.3) is 0 Å². The van der Waals surface area contributed by atoms with Crippen molar-refractivity contribution in [3.63, 3.8) is 0 Å². The summed E-state index contributed by atoms with van der Waals surface area (Å²) in [6, 6.07) is 9.17. The number of hydrogen-bond donors (Lipinski definition) is 0. The Morgan fingerprint density at radius 2 is 2.00 bits per heavy atom. The zero-order valence-corrected chi connectivity index (χ0v) is 13.3. The Morgan fingerprint density at radius 3 is 2.67 bits per heavy atom. The van der Waals surface area contributed by atoms with Crippen molar-refractivity contribution in [2.24, 2.45) is 0 Å². The molecule has 0 unspecified atom stereocenters. The van der Waals surface area contributed by atoms with Crippen LogP contribution in [0.5, 0.6) is 0 Å². The SMILES string of the molecule is FC(F)(F)c1cccc(CN(Cc2ccco2)C[C@@H]2CCCO2)c1. The smallest absolute Gasteiger partial charge is 0.416 e. The van der Waals surface area contributed by atoms with Gasteiger partial charge in [-0.05, 0) is 36.6 Å². The van der Waals surface area contributed by atoms with Crippen molar-refractivity contribution in [2.45, 2.75) is 38.2 Å². The van der Waals surface area contributed by atoms with E-state index in [2.05, 4.69) is 4.90 Å².